The quantitative estimate of drug-likeness (QED) is 0.256. The summed E-state index contributed by atoms with van der Waals surface area (Å²) in [5.41, 5.74) is 0.873. The van der Waals surface area contributed by atoms with Gasteiger partial charge in [-0.05, 0) is 37.0 Å². The Labute approximate surface area is 180 Å². The van der Waals surface area contributed by atoms with Crippen LogP contribution < -0.4 is 10.6 Å². The topological polar surface area (TPSA) is 45.7 Å². The summed E-state index contributed by atoms with van der Waals surface area (Å²) >= 11 is 3.28. The maximum atomic E-state index is 13.8. The first kappa shape index (κ1) is 21.9. The van der Waals surface area contributed by atoms with Gasteiger partial charge in [0, 0.05) is 42.0 Å². The van der Waals surface area contributed by atoms with Gasteiger partial charge in [-0.2, -0.15) is 0 Å². The summed E-state index contributed by atoms with van der Waals surface area (Å²) in [6.45, 7) is 6.12. The standard InChI is InChI=1S/C19H27BrFN3O.HI/c1-19(2)16(14-8-10-25-17(14)19)24-18(22-3)23-9-4-5-12-6-7-13(20)11-15(12)21;/h6-7,11,14,16-17H,4-5,8-10H2,1-3H3,(H2,22,23,24);1H. The van der Waals surface area contributed by atoms with E-state index in [0.29, 0.717) is 24.5 Å². The molecule has 0 spiro atoms. The van der Waals surface area contributed by atoms with Gasteiger partial charge < -0.3 is 15.4 Å². The molecule has 1 saturated heterocycles. The van der Waals surface area contributed by atoms with Crippen molar-refractivity contribution in [3.63, 3.8) is 0 Å². The van der Waals surface area contributed by atoms with E-state index in [-0.39, 0.29) is 35.2 Å². The lowest BCUT2D eigenvalue weighted by molar-refractivity contribution is -0.106. The molecule has 0 amide bonds. The molecule has 1 aliphatic carbocycles. The molecule has 1 aromatic rings. The van der Waals surface area contributed by atoms with Crippen molar-refractivity contribution < 1.29 is 9.13 Å². The maximum absolute atomic E-state index is 13.8. The van der Waals surface area contributed by atoms with Crippen LogP contribution in [0.5, 0.6) is 0 Å². The minimum absolute atomic E-state index is 0. The molecule has 1 saturated carbocycles. The van der Waals surface area contributed by atoms with Crippen LogP contribution in [0.2, 0.25) is 0 Å². The van der Waals surface area contributed by atoms with Crippen LogP contribution in [0, 0.1) is 17.2 Å². The minimum atomic E-state index is -0.152. The molecular weight excluding hydrogens is 512 g/mol. The van der Waals surface area contributed by atoms with E-state index in [1.165, 1.54) is 6.07 Å². The monoisotopic (exact) mass is 539 g/mol. The van der Waals surface area contributed by atoms with Crippen molar-refractivity contribution in [2.45, 2.75) is 45.3 Å². The van der Waals surface area contributed by atoms with Crippen molar-refractivity contribution in [3.8, 4) is 0 Å². The Morgan fingerprint density at radius 3 is 2.88 bits per heavy atom. The molecule has 0 bridgehead atoms. The van der Waals surface area contributed by atoms with Crippen LogP contribution >= 0.6 is 39.9 Å². The van der Waals surface area contributed by atoms with Crippen molar-refractivity contribution >= 4 is 45.9 Å². The highest BCUT2D eigenvalue weighted by molar-refractivity contribution is 14.0. The highest BCUT2D eigenvalue weighted by Crippen LogP contribution is 2.52. The second-order valence-corrected chi connectivity index (χ2v) is 8.44. The zero-order chi connectivity index (χ0) is 18.0. The molecule has 3 rings (SSSR count). The summed E-state index contributed by atoms with van der Waals surface area (Å²) in [6, 6.07) is 5.62. The second-order valence-electron chi connectivity index (χ2n) is 7.53. The smallest absolute Gasteiger partial charge is 0.191 e. The van der Waals surface area contributed by atoms with Crippen molar-refractivity contribution in [1.82, 2.24) is 10.6 Å². The third-order valence-electron chi connectivity index (χ3n) is 5.55. The normalized spacial score (nSPS) is 26.5. The molecule has 1 aromatic carbocycles. The summed E-state index contributed by atoms with van der Waals surface area (Å²) in [5, 5.41) is 6.91. The average Bonchev–Trinajstić information content (AvgIpc) is 3.03. The number of rotatable bonds is 5. The van der Waals surface area contributed by atoms with Crippen LogP contribution in [0.4, 0.5) is 4.39 Å². The SMILES string of the molecule is CN=C(NCCCc1ccc(Br)cc1F)NC1C2CCOC2C1(C)C.I. The van der Waals surface area contributed by atoms with Crippen LogP contribution in [0.25, 0.3) is 0 Å². The molecule has 4 nitrogen and oxygen atoms in total. The number of aryl methyl sites for hydroxylation is 1. The molecule has 3 atom stereocenters. The third-order valence-corrected chi connectivity index (χ3v) is 6.04. The van der Waals surface area contributed by atoms with Gasteiger partial charge in [-0.1, -0.05) is 35.8 Å². The van der Waals surface area contributed by atoms with Crippen molar-refractivity contribution in [2.24, 2.45) is 16.3 Å². The lowest BCUT2D eigenvalue weighted by Gasteiger charge is -2.54. The van der Waals surface area contributed by atoms with Gasteiger partial charge in [0.15, 0.2) is 5.96 Å². The Morgan fingerprint density at radius 1 is 1.42 bits per heavy atom. The van der Waals surface area contributed by atoms with Gasteiger partial charge in [0.05, 0.1) is 6.10 Å². The number of hydrogen-bond acceptors (Lipinski definition) is 2. The molecule has 0 radical (unpaired) electrons. The predicted octanol–water partition coefficient (Wildman–Crippen LogP) is 4.12. The lowest BCUT2D eigenvalue weighted by atomic mass is 9.57. The van der Waals surface area contributed by atoms with Crippen LogP contribution in [-0.4, -0.2) is 38.3 Å². The molecule has 2 aliphatic rings. The first-order valence-electron chi connectivity index (χ1n) is 8.96. The fourth-order valence-corrected chi connectivity index (χ4v) is 4.50. The van der Waals surface area contributed by atoms with Gasteiger partial charge in [-0.3, -0.25) is 4.99 Å². The molecule has 3 unspecified atom stereocenters. The molecular formula is C19H28BrFIN3O. The summed E-state index contributed by atoms with van der Waals surface area (Å²) in [7, 11) is 1.79. The average molecular weight is 540 g/mol. The second kappa shape index (κ2) is 9.19. The van der Waals surface area contributed by atoms with Gasteiger partial charge in [0.2, 0.25) is 0 Å². The predicted molar refractivity (Wildman–Crippen MR) is 118 cm³/mol. The van der Waals surface area contributed by atoms with E-state index < -0.39 is 0 Å². The van der Waals surface area contributed by atoms with E-state index in [1.807, 2.05) is 12.1 Å². The number of halogens is 3. The molecule has 26 heavy (non-hydrogen) atoms. The first-order chi connectivity index (χ1) is 11.9. The van der Waals surface area contributed by atoms with E-state index in [1.54, 1.807) is 7.05 Å². The Kier molecular flexibility index (Phi) is 7.73. The molecule has 1 aliphatic heterocycles. The highest BCUT2D eigenvalue weighted by atomic mass is 127. The number of aliphatic imine (C=N–C) groups is 1. The van der Waals surface area contributed by atoms with Crippen LogP contribution in [0.15, 0.2) is 27.7 Å². The van der Waals surface area contributed by atoms with Gasteiger partial charge >= 0.3 is 0 Å². The Morgan fingerprint density at radius 2 is 2.19 bits per heavy atom. The number of guanidine groups is 1. The number of nitrogens with zero attached hydrogens (tertiary/aromatic N) is 1. The van der Waals surface area contributed by atoms with Gasteiger partial charge in [0.25, 0.3) is 0 Å². The van der Waals surface area contributed by atoms with Gasteiger partial charge in [-0.25, -0.2) is 4.39 Å². The summed E-state index contributed by atoms with van der Waals surface area (Å²) in [5.74, 6) is 1.24. The highest BCUT2D eigenvalue weighted by Gasteiger charge is 2.59. The van der Waals surface area contributed by atoms with Crippen molar-refractivity contribution in [1.29, 1.82) is 0 Å². The maximum Gasteiger partial charge on any atom is 0.191 e. The van der Waals surface area contributed by atoms with Crippen LogP contribution in [0.1, 0.15) is 32.3 Å². The fraction of sp³-hybridized carbons (Fsp3) is 0.632. The number of hydrogen-bond donors (Lipinski definition) is 2. The van der Waals surface area contributed by atoms with E-state index in [9.17, 15) is 4.39 Å². The van der Waals surface area contributed by atoms with Gasteiger partial charge in [-0.15, -0.1) is 24.0 Å². The fourth-order valence-electron chi connectivity index (χ4n) is 4.17. The molecule has 2 N–H and O–H groups in total. The van der Waals surface area contributed by atoms with E-state index >= 15 is 0 Å². The molecule has 2 fully saturated rings. The van der Waals surface area contributed by atoms with Crippen LogP contribution in [0.3, 0.4) is 0 Å². The number of nitrogens with one attached hydrogen (secondary N) is 2. The van der Waals surface area contributed by atoms with Crippen molar-refractivity contribution in [2.75, 3.05) is 20.2 Å². The lowest BCUT2D eigenvalue weighted by Crippen LogP contribution is -2.67. The molecule has 1 heterocycles. The van der Waals surface area contributed by atoms with Crippen molar-refractivity contribution in [3.05, 3.63) is 34.1 Å². The van der Waals surface area contributed by atoms with E-state index in [2.05, 4.69) is 45.4 Å². The zero-order valence-electron chi connectivity index (χ0n) is 15.5. The Balaban J connectivity index is 0.00000243. The Hall–Kier alpha value is -0.410. The number of ether oxygens (including phenoxy) is 1. The summed E-state index contributed by atoms with van der Waals surface area (Å²) < 4.78 is 20.5. The largest absolute Gasteiger partial charge is 0.377 e. The first-order valence-corrected chi connectivity index (χ1v) is 9.75. The van der Waals surface area contributed by atoms with Crippen LogP contribution in [-0.2, 0) is 11.2 Å². The minimum Gasteiger partial charge on any atom is -0.377 e. The molecule has 0 aromatic heterocycles. The van der Waals surface area contributed by atoms with Gasteiger partial charge in [0.1, 0.15) is 5.82 Å². The summed E-state index contributed by atoms with van der Waals surface area (Å²) in [6.07, 6.45) is 3.04. The van der Waals surface area contributed by atoms with E-state index in [4.69, 9.17) is 4.74 Å². The number of benzene rings is 1. The third kappa shape index (κ3) is 4.52. The zero-order valence-corrected chi connectivity index (χ0v) is 19.4. The molecule has 146 valence electrons. The van der Waals surface area contributed by atoms with E-state index in [0.717, 1.165) is 42.0 Å². The summed E-state index contributed by atoms with van der Waals surface area (Å²) in [4.78, 5) is 4.34. The Bertz CT molecular complexity index is 656. The number of fused-ring (bicyclic) bond motifs is 1. The molecule has 7 heteroatoms.